The number of nitrogens with two attached hydrogens (primary N) is 1. The van der Waals surface area contributed by atoms with Crippen molar-refractivity contribution in [3.8, 4) is 0 Å². The number of benzene rings is 2. The summed E-state index contributed by atoms with van der Waals surface area (Å²) in [6.45, 7) is 1.61. The first kappa shape index (κ1) is 20.1. The molecular formula is C22H19ClFN3O3. The minimum atomic E-state index is -1.08. The lowest BCUT2D eigenvalue weighted by atomic mass is 9.98. The topological polar surface area (TPSA) is 89.4 Å². The van der Waals surface area contributed by atoms with Gasteiger partial charge in [-0.15, -0.1) is 0 Å². The third kappa shape index (κ3) is 3.45. The fourth-order valence-corrected chi connectivity index (χ4v) is 4.29. The second kappa shape index (κ2) is 7.91. The van der Waals surface area contributed by atoms with Gasteiger partial charge in [-0.2, -0.15) is 0 Å². The van der Waals surface area contributed by atoms with E-state index in [1.54, 1.807) is 43.3 Å². The van der Waals surface area contributed by atoms with E-state index in [0.29, 0.717) is 35.3 Å². The lowest BCUT2D eigenvalue weighted by molar-refractivity contribution is -0.123. The quantitative estimate of drug-likeness (QED) is 0.662. The van der Waals surface area contributed by atoms with Crippen molar-refractivity contribution in [3.63, 3.8) is 0 Å². The molecular weight excluding hydrogens is 409 g/mol. The summed E-state index contributed by atoms with van der Waals surface area (Å²) in [6.07, 6.45) is 2.00. The standard InChI is InChI=1S/C22H19ClFN3O3/c1-12-19(26-11-30-12)22(29)27(20(21(25)28)13-5-3-2-4-6-13)18-8-7-15-16(18)9-14(23)10-17(15)24/h2-6,9-11,18,20H,7-8H2,1H3,(H2,25,28)/t18-,20-/m1/s1. The molecule has 2 atom stereocenters. The smallest absolute Gasteiger partial charge is 0.277 e. The second-order valence-electron chi connectivity index (χ2n) is 7.20. The van der Waals surface area contributed by atoms with Crippen LogP contribution in [0.3, 0.4) is 0 Å². The van der Waals surface area contributed by atoms with Crippen LogP contribution in [0.2, 0.25) is 5.02 Å². The van der Waals surface area contributed by atoms with Crippen LogP contribution < -0.4 is 5.73 Å². The Hall–Kier alpha value is -3.19. The molecule has 0 saturated heterocycles. The van der Waals surface area contributed by atoms with Gasteiger partial charge in [0.25, 0.3) is 5.91 Å². The highest BCUT2D eigenvalue weighted by Gasteiger charge is 2.41. The van der Waals surface area contributed by atoms with Gasteiger partial charge in [-0.3, -0.25) is 9.59 Å². The van der Waals surface area contributed by atoms with Crippen LogP contribution in [-0.2, 0) is 11.2 Å². The number of amides is 2. The van der Waals surface area contributed by atoms with Gasteiger partial charge in [-0.25, -0.2) is 9.37 Å². The van der Waals surface area contributed by atoms with Crippen LogP contribution in [0.25, 0.3) is 0 Å². The Kier molecular flexibility index (Phi) is 5.30. The predicted molar refractivity (Wildman–Crippen MR) is 108 cm³/mol. The van der Waals surface area contributed by atoms with Gasteiger partial charge in [0, 0.05) is 5.02 Å². The molecule has 2 amide bonds. The zero-order valence-corrected chi connectivity index (χ0v) is 16.9. The van der Waals surface area contributed by atoms with Gasteiger partial charge in [0.1, 0.15) is 17.6 Å². The first-order valence-corrected chi connectivity index (χ1v) is 9.81. The molecule has 154 valence electrons. The number of oxazole rings is 1. The number of primary amides is 1. The van der Waals surface area contributed by atoms with E-state index in [9.17, 15) is 14.0 Å². The van der Waals surface area contributed by atoms with E-state index in [0.717, 1.165) is 0 Å². The SMILES string of the molecule is Cc1ocnc1C(=O)N([C@@H]1CCc2c(F)cc(Cl)cc21)[C@@H](C(N)=O)c1ccccc1. The summed E-state index contributed by atoms with van der Waals surface area (Å²) in [5, 5.41) is 0.221. The Bertz CT molecular complexity index is 1120. The number of halogens is 2. The van der Waals surface area contributed by atoms with Gasteiger partial charge in [-0.05, 0) is 48.6 Å². The molecule has 2 aromatic carbocycles. The zero-order valence-electron chi connectivity index (χ0n) is 16.1. The van der Waals surface area contributed by atoms with Crippen molar-refractivity contribution >= 4 is 23.4 Å². The number of aromatic nitrogens is 1. The van der Waals surface area contributed by atoms with Crippen molar-refractivity contribution in [2.75, 3.05) is 0 Å². The molecule has 1 aliphatic rings. The number of fused-ring (bicyclic) bond motifs is 1. The van der Waals surface area contributed by atoms with E-state index in [4.69, 9.17) is 21.8 Å². The molecule has 0 bridgehead atoms. The third-order valence-corrected chi connectivity index (χ3v) is 5.62. The maximum Gasteiger partial charge on any atom is 0.277 e. The highest BCUT2D eigenvalue weighted by Crippen LogP contribution is 2.43. The Morgan fingerprint density at radius 2 is 2.03 bits per heavy atom. The van der Waals surface area contributed by atoms with E-state index in [2.05, 4.69) is 4.98 Å². The lowest BCUT2D eigenvalue weighted by Crippen LogP contribution is -2.43. The Labute approximate surface area is 177 Å². The summed E-state index contributed by atoms with van der Waals surface area (Å²) in [5.74, 6) is -1.34. The molecule has 3 aromatic rings. The van der Waals surface area contributed by atoms with Crippen LogP contribution in [0.15, 0.2) is 53.3 Å². The van der Waals surface area contributed by atoms with Crippen molar-refractivity contribution in [1.82, 2.24) is 9.88 Å². The van der Waals surface area contributed by atoms with Crippen LogP contribution >= 0.6 is 11.6 Å². The average molecular weight is 428 g/mol. The van der Waals surface area contributed by atoms with E-state index in [1.807, 2.05) is 0 Å². The highest BCUT2D eigenvalue weighted by atomic mass is 35.5. The van der Waals surface area contributed by atoms with E-state index >= 15 is 0 Å². The fourth-order valence-electron chi connectivity index (χ4n) is 4.08. The van der Waals surface area contributed by atoms with Crippen LogP contribution in [0.4, 0.5) is 4.39 Å². The van der Waals surface area contributed by atoms with Crippen LogP contribution in [0.5, 0.6) is 0 Å². The molecule has 0 unspecified atom stereocenters. The molecule has 0 saturated carbocycles. The summed E-state index contributed by atoms with van der Waals surface area (Å²) in [5.41, 5.74) is 7.45. The van der Waals surface area contributed by atoms with Gasteiger partial charge in [0.05, 0.1) is 6.04 Å². The number of aryl methyl sites for hydroxylation is 1. The molecule has 1 heterocycles. The Morgan fingerprint density at radius 3 is 2.67 bits per heavy atom. The molecule has 0 spiro atoms. The first-order valence-electron chi connectivity index (χ1n) is 9.43. The maximum atomic E-state index is 14.5. The molecule has 30 heavy (non-hydrogen) atoms. The minimum Gasteiger partial charge on any atom is -0.448 e. The summed E-state index contributed by atoms with van der Waals surface area (Å²) in [7, 11) is 0. The monoisotopic (exact) mass is 427 g/mol. The average Bonchev–Trinajstić information content (AvgIpc) is 3.32. The summed E-state index contributed by atoms with van der Waals surface area (Å²) in [6, 6.07) is 9.97. The molecule has 4 rings (SSSR count). The molecule has 1 aromatic heterocycles. The van der Waals surface area contributed by atoms with Gasteiger partial charge < -0.3 is 15.1 Å². The van der Waals surface area contributed by atoms with Crippen molar-refractivity contribution in [1.29, 1.82) is 0 Å². The van der Waals surface area contributed by atoms with Gasteiger partial charge >= 0.3 is 0 Å². The largest absolute Gasteiger partial charge is 0.448 e. The van der Waals surface area contributed by atoms with Gasteiger partial charge in [0.15, 0.2) is 12.1 Å². The molecule has 0 fully saturated rings. The van der Waals surface area contributed by atoms with Gasteiger partial charge in [-0.1, -0.05) is 41.9 Å². The third-order valence-electron chi connectivity index (χ3n) is 5.40. The Morgan fingerprint density at radius 1 is 1.30 bits per heavy atom. The Balaban J connectivity index is 1.89. The molecule has 0 radical (unpaired) electrons. The summed E-state index contributed by atoms with van der Waals surface area (Å²) < 4.78 is 19.7. The van der Waals surface area contributed by atoms with Crippen LogP contribution in [0, 0.1) is 12.7 Å². The predicted octanol–water partition coefficient (Wildman–Crippen LogP) is 4.13. The minimum absolute atomic E-state index is 0.0770. The number of nitrogens with zero attached hydrogens (tertiary/aromatic N) is 2. The zero-order chi connectivity index (χ0) is 21.4. The molecule has 1 aliphatic carbocycles. The number of hydrogen-bond donors (Lipinski definition) is 1. The number of carbonyl (C=O) groups is 2. The summed E-state index contributed by atoms with van der Waals surface area (Å²) >= 11 is 6.10. The molecule has 0 aliphatic heterocycles. The molecule has 8 heteroatoms. The van der Waals surface area contributed by atoms with Crippen LogP contribution in [-0.4, -0.2) is 21.7 Å². The van der Waals surface area contributed by atoms with Gasteiger partial charge in [0.2, 0.25) is 5.91 Å². The number of hydrogen-bond acceptors (Lipinski definition) is 4. The van der Waals surface area contributed by atoms with E-state index in [1.165, 1.54) is 17.4 Å². The van der Waals surface area contributed by atoms with Crippen molar-refractivity contribution < 1.29 is 18.4 Å². The maximum absolute atomic E-state index is 14.5. The number of carbonyl (C=O) groups excluding carboxylic acids is 2. The molecule has 2 N–H and O–H groups in total. The normalized spacial score (nSPS) is 16.2. The van der Waals surface area contributed by atoms with Crippen molar-refractivity contribution in [3.05, 3.63) is 87.8 Å². The van der Waals surface area contributed by atoms with Crippen LogP contribution in [0.1, 0.15) is 51.4 Å². The van der Waals surface area contributed by atoms with E-state index in [-0.39, 0.29) is 10.7 Å². The van der Waals surface area contributed by atoms with Crippen molar-refractivity contribution in [2.24, 2.45) is 5.73 Å². The van der Waals surface area contributed by atoms with E-state index < -0.39 is 29.7 Å². The first-order chi connectivity index (χ1) is 14.4. The second-order valence-corrected chi connectivity index (χ2v) is 7.63. The summed E-state index contributed by atoms with van der Waals surface area (Å²) in [4.78, 5) is 31.6. The van der Waals surface area contributed by atoms with Crippen molar-refractivity contribution in [2.45, 2.75) is 31.8 Å². The fraction of sp³-hybridized carbons (Fsp3) is 0.227. The lowest BCUT2D eigenvalue weighted by Gasteiger charge is -2.35. The highest BCUT2D eigenvalue weighted by molar-refractivity contribution is 6.30. The number of rotatable bonds is 5. The molecule has 6 nitrogen and oxygen atoms in total.